The molecule has 1 rings (SSSR count). The highest BCUT2D eigenvalue weighted by Gasteiger charge is 2.12. The molecular formula is C14H22N2O2. The standard InChI is InChI=1S/C14H22N2O2/c1-3-11-4-6-12(7-5-11)14(17)16-13(8-9-15)10-18-2/h4-7,13H,3,8-10,15H2,1-2H3,(H,16,17). The Labute approximate surface area is 109 Å². The Morgan fingerprint density at radius 1 is 1.39 bits per heavy atom. The summed E-state index contributed by atoms with van der Waals surface area (Å²) < 4.78 is 5.06. The second-order valence-electron chi connectivity index (χ2n) is 4.25. The molecule has 0 saturated heterocycles. The van der Waals surface area contributed by atoms with Gasteiger partial charge in [0.25, 0.3) is 5.91 Å². The summed E-state index contributed by atoms with van der Waals surface area (Å²) in [6, 6.07) is 7.62. The lowest BCUT2D eigenvalue weighted by Gasteiger charge is -2.17. The van der Waals surface area contributed by atoms with Crippen LogP contribution in [0.15, 0.2) is 24.3 Å². The van der Waals surface area contributed by atoms with E-state index in [1.54, 1.807) is 7.11 Å². The predicted molar refractivity (Wildman–Crippen MR) is 72.6 cm³/mol. The van der Waals surface area contributed by atoms with Gasteiger partial charge in [0.2, 0.25) is 0 Å². The molecule has 100 valence electrons. The number of nitrogens with two attached hydrogens (primary N) is 1. The molecule has 0 spiro atoms. The molecule has 0 aliphatic rings. The number of ether oxygens (including phenoxy) is 1. The van der Waals surface area contributed by atoms with Gasteiger partial charge in [-0.15, -0.1) is 0 Å². The largest absolute Gasteiger partial charge is 0.383 e. The molecule has 0 radical (unpaired) electrons. The number of amides is 1. The first-order valence-corrected chi connectivity index (χ1v) is 6.30. The van der Waals surface area contributed by atoms with Gasteiger partial charge in [-0.05, 0) is 37.1 Å². The molecule has 0 fully saturated rings. The third-order valence-corrected chi connectivity index (χ3v) is 2.84. The molecule has 0 bridgehead atoms. The van der Waals surface area contributed by atoms with Crippen LogP contribution in [-0.2, 0) is 11.2 Å². The Morgan fingerprint density at radius 2 is 2.06 bits per heavy atom. The van der Waals surface area contributed by atoms with Gasteiger partial charge in [-0.2, -0.15) is 0 Å². The molecule has 1 aromatic carbocycles. The van der Waals surface area contributed by atoms with Crippen LogP contribution < -0.4 is 11.1 Å². The maximum Gasteiger partial charge on any atom is 0.251 e. The van der Waals surface area contributed by atoms with Crippen molar-refractivity contribution in [3.05, 3.63) is 35.4 Å². The van der Waals surface area contributed by atoms with Gasteiger partial charge in [0, 0.05) is 12.7 Å². The topological polar surface area (TPSA) is 64.4 Å². The van der Waals surface area contributed by atoms with Crippen LogP contribution in [0, 0.1) is 0 Å². The number of aryl methyl sites for hydroxylation is 1. The minimum Gasteiger partial charge on any atom is -0.383 e. The third-order valence-electron chi connectivity index (χ3n) is 2.84. The SMILES string of the molecule is CCc1ccc(C(=O)NC(CCN)COC)cc1. The first-order chi connectivity index (χ1) is 8.71. The molecule has 1 amide bonds. The van der Waals surface area contributed by atoms with E-state index in [9.17, 15) is 4.79 Å². The highest BCUT2D eigenvalue weighted by atomic mass is 16.5. The minimum absolute atomic E-state index is 0.0293. The fraction of sp³-hybridized carbons (Fsp3) is 0.500. The van der Waals surface area contributed by atoms with E-state index in [1.807, 2.05) is 24.3 Å². The maximum absolute atomic E-state index is 12.0. The molecule has 0 aliphatic heterocycles. The molecule has 3 N–H and O–H groups in total. The summed E-state index contributed by atoms with van der Waals surface area (Å²) in [5.41, 5.74) is 7.40. The van der Waals surface area contributed by atoms with Crippen molar-refractivity contribution in [3.63, 3.8) is 0 Å². The Morgan fingerprint density at radius 3 is 2.56 bits per heavy atom. The fourth-order valence-electron chi connectivity index (χ4n) is 1.76. The molecule has 4 nitrogen and oxygen atoms in total. The molecule has 1 unspecified atom stereocenters. The van der Waals surface area contributed by atoms with Crippen molar-refractivity contribution >= 4 is 5.91 Å². The Balaban J connectivity index is 2.61. The molecule has 1 aromatic rings. The van der Waals surface area contributed by atoms with Crippen LogP contribution in [-0.4, -0.2) is 32.2 Å². The highest BCUT2D eigenvalue weighted by Crippen LogP contribution is 2.05. The average molecular weight is 250 g/mol. The van der Waals surface area contributed by atoms with E-state index in [0.29, 0.717) is 25.1 Å². The van der Waals surface area contributed by atoms with E-state index in [4.69, 9.17) is 10.5 Å². The van der Waals surface area contributed by atoms with Gasteiger partial charge < -0.3 is 15.8 Å². The maximum atomic E-state index is 12.0. The first kappa shape index (κ1) is 14.7. The van der Waals surface area contributed by atoms with Gasteiger partial charge in [-0.3, -0.25) is 4.79 Å². The molecule has 0 saturated carbocycles. The summed E-state index contributed by atoms with van der Waals surface area (Å²) in [7, 11) is 1.62. The lowest BCUT2D eigenvalue weighted by Crippen LogP contribution is -2.39. The highest BCUT2D eigenvalue weighted by molar-refractivity contribution is 5.94. The zero-order valence-electron chi connectivity index (χ0n) is 11.1. The van der Waals surface area contributed by atoms with Crippen molar-refractivity contribution in [3.8, 4) is 0 Å². The quantitative estimate of drug-likeness (QED) is 0.767. The fourth-order valence-corrected chi connectivity index (χ4v) is 1.76. The van der Waals surface area contributed by atoms with Crippen molar-refractivity contribution in [1.82, 2.24) is 5.32 Å². The smallest absolute Gasteiger partial charge is 0.251 e. The number of hydrogen-bond donors (Lipinski definition) is 2. The average Bonchev–Trinajstić information content (AvgIpc) is 2.39. The predicted octanol–water partition coefficient (Wildman–Crippen LogP) is 1.34. The number of methoxy groups -OCH3 is 1. The van der Waals surface area contributed by atoms with Crippen LogP contribution in [0.2, 0.25) is 0 Å². The number of carbonyl (C=O) groups is 1. The van der Waals surface area contributed by atoms with Gasteiger partial charge in [0.05, 0.1) is 12.6 Å². The van der Waals surface area contributed by atoms with Gasteiger partial charge in [0.15, 0.2) is 0 Å². The summed E-state index contributed by atoms with van der Waals surface area (Å²) in [6.07, 6.45) is 1.69. The van der Waals surface area contributed by atoms with E-state index in [-0.39, 0.29) is 11.9 Å². The molecule has 0 aromatic heterocycles. The van der Waals surface area contributed by atoms with Crippen LogP contribution in [0.25, 0.3) is 0 Å². The number of hydrogen-bond acceptors (Lipinski definition) is 3. The van der Waals surface area contributed by atoms with Gasteiger partial charge in [-0.1, -0.05) is 19.1 Å². The van der Waals surface area contributed by atoms with E-state index in [2.05, 4.69) is 12.2 Å². The zero-order chi connectivity index (χ0) is 13.4. The summed E-state index contributed by atoms with van der Waals surface area (Å²) in [6.45, 7) is 3.10. The lowest BCUT2D eigenvalue weighted by molar-refractivity contribution is 0.0893. The molecule has 18 heavy (non-hydrogen) atoms. The Bertz CT molecular complexity index is 357. The lowest BCUT2D eigenvalue weighted by atomic mass is 10.1. The molecular weight excluding hydrogens is 228 g/mol. The third kappa shape index (κ3) is 4.47. The van der Waals surface area contributed by atoms with Gasteiger partial charge in [0.1, 0.15) is 0 Å². The number of nitrogens with one attached hydrogen (secondary N) is 1. The van der Waals surface area contributed by atoms with Crippen LogP contribution >= 0.6 is 0 Å². The Hall–Kier alpha value is -1.39. The van der Waals surface area contributed by atoms with E-state index < -0.39 is 0 Å². The van der Waals surface area contributed by atoms with Crippen molar-refractivity contribution in [1.29, 1.82) is 0 Å². The van der Waals surface area contributed by atoms with Crippen molar-refractivity contribution in [2.45, 2.75) is 25.8 Å². The summed E-state index contributed by atoms with van der Waals surface area (Å²) in [4.78, 5) is 12.0. The van der Waals surface area contributed by atoms with Crippen LogP contribution in [0.3, 0.4) is 0 Å². The second kappa shape index (κ2) is 7.84. The monoisotopic (exact) mass is 250 g/mol. The molecule has 0 heterocycles. The van der Waals surface area contributed by atoms with Crippen molar-refractivity contribution in [2.75, 3.05) is 20.3 Å². The van der Waals surface area contributed by atoms with Crippen LogP contribution in [0.4, 0.5) is 0 Å². The first-order valence-electron chi connectivity index (χ1n) is 6.30. The number of benzene rings is 1. The van der Waals surface area contributed by atoms with Crippen molar-refractivity contribution < 1.29 is 9.53 Å². The van der Waals surface area contributed by atoms with Gasteiger partial charge in [-0.25, -0.2) is 0 Å². The number of carbonyl (C=O) groups excluding carboxylic acids is 1. The van der Waals surface area contributed by atoms with E-state index >= 15 is 0 Å². The number of rotatable bonds is 7. The second-order valence-corrected chi connectivity index (χ2v) is 4.25. The summed E-state index contributed by atoms with van der Waals surface area (Å²) >= 11 is 0. The molecule has 0 aliphatic carbocycles. The van der Waals surface area contributed by atoms with Crippen LogP contribution in [0.5, 0.6) is 0 Å². The van der Waals surface area contributed by atoms with Gasteiger partial charge >= 0.3 is 0 Å². The minimum atomic E-state index is -0.0758. The Kier molecular flexibility index (Phi) is 6.39. The normalized spacial score (nSPS) is 12.2. The summed E-state index contributed by atoms with van der Waals surface area (Å²) in [5.74, 6) is -0.0758. The summed E-state index contributed by atoms with van der Waals surface area (Å²) in [5, 5.41) is 2.93. The molecule has 4 heteroatoms. The van der Waals surface area contributed by atoms with Crippen molar-refractivity contribution in [2.24, 2.45) is 5.73 Å². The molecule has 1 atom stereocenters. The van der Waals surface area contributed by atoms with Crippen LogP contribution in [0.1, 0.15) is 29.3 Å². The zero-order valence-corrected chi connectivity index (χ0v) is 11.1. The van der Waals surface area contributed by atoms with E-state index in [1.165, 1.54) is 5.56 Å². The van der Waals surface area contributed by atoms with E-state index in [0.717, 1.165) is 6.42 Å².